The molecule has 0 aromatic heterocycles. The fourth-order valence-corrected chi connectivity index (χ4v) is 8.46. The molecule has 36 heavy (non-hydrogen) atoms. The SMILES string of the molecule is C1=Cc2c(c3ccccc3c3c4cc(C5=CCCS5)ccc4c4ccc(C5=CCCS5)cc4c23)CC1. The van der Waals surface area contributed by atoms with Crippen LogP contribution in [0.15, 0.2) is 78.9 Å². The predicted molar refractivity (Wildman–Crippen MR) is 164 cm³/mol. The molecule has 0 saturated carbocycles. The number of thioether (sulfide) groups is 2. The van der Waals surface area contributed by atoms with Gasteiger partial charge in [-0.25, -0.2) is 0 Å². The van der Waals surface area contributed by atoms with Gasteiger partial charge in [-0.3, -0.25) is 0 Å². The molecule has 8 rings (SSSR count). The standard InChI is InChI=1S/C34H26S2/c1-3-9-27-23(7-1)24-8-2-4-10-28(24)34-30-20-22(32-12-6-18-36-32)14-16-26(30)25-15-13-21(19-29(25)33(27)34)31-11-5-17-35-31/h1,3-4,7,9-16,19-20H,2,5-6,8,17-18H2. The average molecular weight is 499 g/mol. The lowest BCUT2D eigenvalue weighted by molar-refractivity contribution is 1.00. The van der Waals surface area contributed by atoms with Gasteiger partial charge >= 0.3 is 0 Å². The molecule has 0 fully saturated rings. The van der Waals surface area contributed by atoms with Gasteiger partial charge in [-0.05, 0) is 103 Å². The molecule has 0 saturated heterocycles. The van der Waals surface area contributed by atoms with Crippen molar-refractivity contribution >= 4 is 82.5 Å². The van der Waals surface area contributed by atoms with E-state index in [4.69, 9.17) is 0 Å². The van der Waals surface area contributed by atoms with Crippen LogP contribution in [0.4, 0.5) is 0 Å². The summed E-state index contributed by atoms with van der Waals surface area (Å²) in [5, 5.41) is 11.2. The number of rotatable bonds is 2. The number of benzene rings is 5. The highest BCUT2D eigenvalue weighted by Gasteiger charge is 2.21. The van der Waals surface area contributed by atoms with Crippen LogP contribution in [0, 0.1) is 0 Å². The number of hydrogen-bond donors (Lipinski definition) is 0. The smallest absolute Gasteiger partial charge is 0.0105 e. The average Bonchev–Trinajstić information content (AvgIpc) is 3.67. The molecule has 0 radical (unpaired) electrons. The largest absolute Gasteiger partial charge is 0.126 e. The summed E-state index contributed by atoms with van der Waals surface area (Å²) in [4.78, 5) is 2.88. The Morgan fingerprint density at radius 1 is 0.556 bits per heavy atom. The summed E-state index contributed by atoms with van der Waals surface area (Å²) in [6.07, 6.45) is 14.2. The van der Waals surface area contributed by atoms with Gasteiger partial charge < -0.3 is 0 Å². The molecule has 1 aliphatic carbocycles. The lowest BCUT2D eigenvalue weighted by Crippen LogP contribution is -1.99. The molecule has 2 aliphatic heterocycles. The monoisotopic (exact) mass is 498 g/mol. The Hall–Kier alpha value is -2.94. The molecule has 0 atom stereocenters. The van der Waals surface area contributed by atoms with Gasteiger partial charge in [0.2, 0.25) is 0 Å². The van der Waals surface area contributed by atoms with Crippen molar-refractivity contribution in [1.29, 1.82) is 0 Å². The minimum atomic E-state index is 1.12. The number of aryl methyl sites for hydroxylation is 1. The second kappa shape index (κ2) is 8.30. The Kier molecular flexibility index (Phi) is 4.88. The molecule has 3 aliphatic rings. The molecule has 5 aromatic carbocycles. The highest BCUT2D eigenvalue weighted by Crippen LogP contribution is 2.47. The van der Waals surface area contributed by atoms with Crippen molar-refractivity contribution in [2.24, 2.45) is 0 Å². The Labute approximate surface area is 220 Å². The van der Waals surface area contributed by atoms with Crippen LogP contribution >= 0.6 is 23.5 Å². The molecule has 0 N–H and O–H groups in total. The number of fused-ring (bicyclic) bond motifs is 11. The summed E-state index contributed by atoms with van der Waals surface area (Å²) in [7, 11) is 0. The van der Waals surface area contributed by atoms with E-state index in [1.165, 1.54) is 99.5 Å². The van der Waals surface area contributed by atoms with Crippen LogP contribution < -0.4 is 0 Å². The van der Waals surface area contributed by atoms with Crippen LogP contribution in [-0.4, -0.2) is 11.5 Å². The summed E-state index contributed by atoms with van der Waals surface area (Å²) in [5.41, 5.74) is 5.70. The van der Waals surface area contributed by atoms with Gasteiger partial charge in [-0.1, -0.05) is 72.8 Å². The fraction of sp³-hybridized carbons (Fsp3) is 0.176. The van der Waals surface area contributed by atoms with Crippen molar-refractivity contribution in [1.82, 2.24) is 0 Å². The van der Waals surface area contributed by atoms with Gasteiger partial charge in [-0.2, -0.15) is 0 Å². The van der Waals surface area contributed by atoms with E-state index in [0.717, 1.165) is 12.8 Å². The molecule has 0 unspecified atom stereocenters. The Balaban J connectivity index is 1.61. The van der Waals surface area contributed by atoms with Crippen molar-refractivity contribution in [2.75, 3.05) is 11.5 Å². The van der Waals surface area contributed by atoms with E-state index in [9.17, 15) is 0 Å². The van der Waals surface area contributed by atoms with Crippen LogP contribution in [0.3, 0.4) is 0 Å². The summed E-state index contributed by atoms with van der Waals surface area (Å²) in [5.74, 6) is 2.40. The van der Waals surface area contributed by atoms with E-state index >= 15 is 0 Å². The van der Waals surface area contributed by atoms with E-state index in [1.807, 2.05) is 23.5 Å². The first-order valence-electron chi connectivity index (χ1n) is 13.1. The summed E-state index contributed by atoms with van der Waals surface area (Å²) >= 11 is 4.00. The third-order valence-corrected chi connectivity index (χ3v) is 10.4. The van der Waals surface area contributed by atoms with Gasteiger partial charge in [0.15, 0.2) is 0 Å². The molecule has 0 amide bonds. The van der Waals surface area contributed by atoms with Gasteiger partial charge in [0.05, 0.1) is 0 Å². The first-order valence-corrected chi connectivity index (χ1v) is 15.0. The van der Waals surface area contributed by atoms with Crippen LogP contribution in [0.1, 0.15) is 41.5 Å². The highest BCUT2D eigenvalue weighted by molar-refractivity contribution is 8.08. The summed E-state index contributed by atoms with van der Waals surface area (Å²) < 4.78 is 0. The van der Waals surface area contributed by atoms with Gasteiger partial charge in [0.1, 0.15) is 0 Å². The maximum Gasteiger partial charge on any atom is 0.0105 e. The third kappa shape index (κ3) is 3.11. The Morgan fingerprint density at radius 2 is 1.19 bits per heavy atom. The Morgan fingerprint density at radius 3 is 1.83 bits per heavy atom. The van der Waals surface area contributed by atoms with Gasteiger partial charge in [0, 0.05) is 21.3 Å². The molecule has 2 heteroatoms. The highest BCUT2D eigenvalue weighted by atomic mass is 32.2. The number of allylic oxidation sites excluding steroid dienone is 3. The van der Waals surface area contributed by atoms with Crippen LogP contribution in [0.25, 0.3) is 59.0 Å². The minimum absolute atomic E-state index is 1.12. The summed E-state index contributed by atoms with van der Waals surface area (Å²) in [6, 6.07) is 23.6. The van der Waals surface area contributed by atoms with Crippen LogP contribution in [0.2, 0.25) is 0 Å². The second-order valence-electron chi connectivity index (χ2n) is 10.1. The molecule has 0 nitrogen and oxygen atoms in total. The topological polar surface area (TPSA) is 0 Å². The third-order valence-electron chi connectivity index (χ3n) is 8.06. The molecule has 2 heterocycles. The normalized spacial score (nSPS) is 17.3. The Bertz CT molecular complexity index is 1830. The zero-order chi connectivity index (χ0) is 23.6. The van der Waals surface area contributed by atoms with Crippen LogP contribution in [0.5, 0.6) is 0 Å². The molecule has 5 aromatic rings. The second-order valence-corrected chi connectivity index (χ2v) is 12.3. The summed E-state index contributed by atoms with van der Waals surface area (Å²) in [6.45, 7) is 0. The minimum Gasteiger partial charge on any atom is -0.126 e. The van der Waals surface area contributed by atoms with E-state index < -0.39 is 0 Å². The van der Waals surface area contributed by atoms with Crippen LogP contribution in [-0.2, 0) is 6.42 Å². The maximum absolute atomic E-state index is 2.49. The lowest BCUT2D eigenvalue weighted by Gasteiger charge is -2.22. The molecule has 0 spiro atoms. The quantitative estimate of drug-likeness (QED) is 0.222. The maximum atomic E-state index is 2.49. The van der Waals surface area contributed by atoms with E-state index in [2.05, 4.69) is 85.0 Å². The van der Waals surface area contributed by atoms with Gasteiger partial charge in [-0.15, -0.1) is 23.5 Å². The molecule has 0 bridgehead atoms. The molecular formula is C34H26S2. The van der Waals surface area contributed by atoms with E-state index in [0.29, 0.717) is 0 Å². The zero-order valence-electron chi connectivity index (χ0n) is 20.1. The van der Waals surface area contributed by atoms with E-state index in [-0.39, 0.29) is 0 Å². The predicted octanol–water partition coefficient (Wildman–Crippen LogP) is 10.2. The van der Waals surface area contributed by atoms with Gasteiger partial charge in [0.25, 0.3) is 0 Å². The van der Waals surface area contributed by atoms with Crippen molar-refractivity contribution in [3.63, 3.8) is 0 Å². The fourth-order valence-electron chi connectivity index (χ4n) is 6.49. The van der Waals surface area contributed by atoms with Crippen molar-refractivity contribution in [3.05, 3.63) is 101 Å². The lowest BCUT2D eigenvalue weighted by atomic mass is 9.82. The van der Waals surface area contributed by atoms with E-state index in [1.54, 1.807) is 0 Å². The van der Waals surface area contributed by atoms with Crippen molar-refractivity contribution < 1.29 is 0 Å². The number of hydrogen-bond acceptors (Lipinski definition) is 2. The van der Waals surface area contributed by atoms with Crippen molar-refractivity contribution in [3.8, 4) is 0 Å². The molecular weight excluding hydrogens is 473 g/mol. The first kappa shape index (κ1) is 21.2. The molecule has 174 valence electrons. The van der Waals surface area contributed by atoms with Crippen molar-refractivity contribution in [2.45, 2.75) is 25.7 Å². The first-order chi connectivity index (χ1) is 17.9. The zero-order valence-corrected chi connectivity index (χ0v) is 21.8.